The Hall–Kier alpha value is -2.56. The maximum absolute atomic E-state index is 11.2. The summed E-state index contributed by atoms with van der Waals surface area (Å²) in [5.41, 5.74) is 1.68. The van der Waals surface area contributed by atoms with Gasteiger partial charge in [0.25, 0.3) is 0 Å². The Labute approximate surface area is 116 Å². The Kier molecular flexibility index (Phi) is 4.20. The highest BCUT2D eigenvalue weighted by Gasteiger charge is 2.11. The van der Waals surface area contributed by atoms with Crippen molar-refractivity contribution in [3.8, 4) is 11.6 Å². The summed E-state index contributed by atoms with van der Waals surface area (Å²) in [5, 5.41) is 9.15. The molecule has 5 heteroatoms. The van der Waals surface area contributed by atoms with Gasteiger partial charge in [-0.05, 0) is 25.1 Å². The number of benzene rings is 1. The summed E-state index contributed by atoms with van der Waals surface area (Å²) in [6.45, 7) is 2.01. The molecule has 0 bridgehead atoms. The lowest BCUT2D eigenvalue weighted by atomic mass is 10.1. The van der Waals surface area contributed by atoms with Gasteiger partial charge in [-0.1, -0.05) is 17.7 Å². The van der Waals surface area contributed by atoms with Crippen LogP contribution in [0.25, 0.3) is 0 Å². The predicted molar refractivity (Wildman–Crippen MR) is 73.3 cm³/mol. The first kappa shape index (κ1) is 13.9. The molecule has 0 amide bonds. The van der Waals surface area contributed by atoms with Gasteiger partial charge in [-0.15, -0.1) is 0 Å². The van der Waals surface area contributed by atoms with E-state index < -0.39 is 5.97 Å². The van der Waals surface area contributed by atoms with Crippen LogP contribution in [0.4, 0.5) is 0 Å². The molecule has 1 heterocycles. The number of hydrogen-bond acceptors (Lipinski definition) is 4. The van der Waals surface area contributed by atoms with Gasteiger partial charge in [-0.25, -0.2) is 9.78 Å². The van der Waals surface area contributed by atoms with Crippen molar-refractivity contribution in [1.29, 1.82) is 0 Å². The molecule has 20 heavy (non-hydrogen) atoms. The van der Waals surface area contributed by atoms with E-state index in [1.165, 1.54) is 7.11 Å². The Morgan fingerprint density at radius 1 is 1.30 bits per heavy atom. The first-order chi connectivity index (χ1) is 9.60. The van der Waals surface area contributed by atoms with Crippen molar-refractivity contribution in [3.05, 3.63) is 53.2 Å². The largest absolute Gasteiger partial charge is 0.486 e. The minimum absolute atomic E-state index is 0.146. The molecule has 0 aliphatic carbocycles. The molecular weight excluding hydrogens is 258 g/mol. The second-order valence-electron chi connectivity index (χ2n) is 4.26. The van der Waals surface area contributed by atoms with Crippen molar-refractivity contribution in [1.82, 2.24) is 4.98 Å². The van der Waals surface area contributed by atoms with E-state index in [9.17, 15) is 4.79 Å². The monoisotopic (exact) mass is 273 g/mol. The third-order valence-corrected chi connectivity index (χ3v) is 2.73. The molecule has 0 saturated carbocycles. The quantitative estimate of drug-likeness (QED) is 0.907. The molecule has 0 aliphatic rings. The highest BCUT2D eigenvalue weighted by molar-refractivity contribution is 5.91. The van der Waals surface area contributed by atoms with Crippen molar-refractivity contribution in [3.63, 3.8) is 0 Å². The smallest absolute Gasteiger partial charge is 0.339 e. The van der Waals surface area contributed by atoms with Gasteiger partial charge in [0.05, 0.1) is 12.8 Å². The summed E-state index contributed by atoms with van der Waals surface area (Å²) in [7, 11) is 1.54. The Bertz CT molecular complexity index is 625. The zero-order chi connectivity index (χ0) is 14.5. The van der Waals surface area contributed by atoms with Crippen molar-refractivity contribution >= 4 is 5.97 Å². The number of hydrogen-bond donors (Lipinski definition) is 1. The van der Waals surface area contributed by atoms with E-state index in [1.54, 1.807) is 36.4 Å². The summed E-state index contributed by atoms with van der Waals surface area (Å²) >= 11 is 0. The molecule has 0 atom stereocenters. The first-order valence-electron chi connectivity index (χ1n) is 6.07. The van der Waals surface area contributed by atoms with Crippen molar-refractivity contribution in [2.75, 3.05) is 7.11 Å². The number of ether oxygens (including phenoxy) is 2. The van der Waals surface area contributed by atoms with E-state index in [4.69, 9.17) is 14.6 Å². The Balaban J connectivity index is 2.16. The van der Waals surface area contributed by atoms with Crippen molar-refractivity contribution in [2.24, 2.45) is 0 Å². The highest BCUT2D eigenvalue weighted by atomic mass is 16.5. The van der Waals surface area contributed by atoms with E-state index >= 15 is 0 Å². The average molecular weight is 273 g/mol. The lowest BCUT2D eigenvalue weighted by Crippen LogP contribution is -2.05. The minimum Gasteiger partial charge on any atom is -0.486 e. The highest BCUT2D eigenvalue weighted by Crippen LogP contribution is 2.21. The number of carboxylic acid groups (broad SMARTS) is 1. The van der Waals surface area contributed by atoms with Gasteiger partial charge in [-0.2, -0.15) is 0 Å². The van der Waals surface area contributed by atoms with Crippen molar-refractivity contribution < 1.29 is 19.4 Å². The predicted octanol–water partition coefficient (Wildman–Crippen LogP) is 2.68. The molecule has 0 unspecified atom stereocenters. The van der Waals surface area contributed by atoms with E-state index in [2.05, 4.69) is 4.98 Å². The number of aryl methyl sites for hydroxylation is 1. The van der Waals surface area contributed by atoms with Gasteiger partial charge in [-0.3, -0.25) is 0 Å². The standard InChI is InChI=1S/C15H15NO4/c1-10-6-7-13(12(8-10)15(17)18)20-9-11-4-3-5-14(16-11)19-2/h3-8H,9H2,1-2H3,(H,17,18). The molecule has 0 spiro atoms. The second-order valence-corrected chi connectivity index (χ2v) is 4.26. The normalized spacial score (nSPS) is 10.1. The van der Waals surface area contributed by atoms with Crippen LogP contribution in [0.5, 0.6) is 11.6 Å². The average Bonchev–Trinajstić information content (AvgIpc) is 2.46. The molecule has 5 nitrogen and oxygen atoms in total. The summed E-state index contributed by atoms with van der Waals surface area (Å²) in [6.07, 6.45) is 0. The summed E-state index contributed by atoms with van der Waals surface area (Å²) in [5.74, 6) is -0.191. The molecule has 1 N–H and O–H groups in total. The molecule has 104 valence electrons. The van der Waals surface area contributed by atoms with Gasteiger partial charge < -0.3 is 14.6 Å². The van der Waals surface area contributed by atoms with Gasteiger partial charge in [0.15, 0.2) is 0 Å². The number of nitrogens with zero attached hydrogens (tertiary/aromatic N) is 1. The molecular formula is C15H15NO4. The maximum Gasteiger partial charge on any atom is 0.339 e. The number of pyridine rings is 1. The molecule has 2 rings (SSSR count). The third kappa shape index (κ3) is 3.26. The number of carbonyl (C=O) groups is 1. The SMILES string of the molecule is COc1cccc(COc2ccc(C)cc2C(=O)O)n1. The fraction of sp³-hybridized carbons (Fsp3) is 0.200. The van der Waals surface area contributed by atoms with Crippen LogP contribution in [0.15, 0.2) is 36.4 Å². The van der Waals surface area contributed by atoms with Gasteiger partial charge in [0.2, 0.25) is 5.88 Å². The van der Waals surface area contributed by atoms with Gasteiger partial charge in [0.1, 0.15) is 17.9 Å². The number of methoxy groups -OCH3 is 1. The number of rotatable bonds is 5. The molecule has 0 saturated heterocycles. The van der Waals surface area contributed by atoms with Crippen LogP contribution in [0.3, 0.4) is 0 Å². The van der Waals surface area contributed by atoms with Crippen LogP contribution < -0.4 is 9.47 Å². The van der Waals surface area contributed by atoms with E-state index in [0.29, 0.717) is 17.3 Å². The lowest BCUT2D eigenvalue weighted by molar-refractivity contribution is 0.0691. The minimum atomic E-state index is -1.01. The topological polar surface area (TPSA) is 68.7 Å². The maximum atomic E-state index is 11.2. The van der Waals surface area contributed by atoms with Crippen molar-refractivity contribution in [2.45, 2.75) is 13.5 Å². The molecule has 1 aromatic carbocycles. The van der Waals surface area contributed by atoms with Crippen LogP contribution in [0, 0.1) is 6.92 Å². The van der Waals surface area contributed by atoms with Gasteiger partial charge in [0, 0.05) is 6.07 Å². The van der Waals surface area contributed by atoms with E-state index in [-0.39, 0.29) is 12.2 Å². The Morgan fingerprint density at radius 2 is 2.10 bits per heavy atom. The second kappa shape index (κ2) is 6.06. The summed E-state index contributed by atoms with van der Waals surface area (Å²) < 4.78 is 10.6. The zero-order valence-corrected chi connectivity index (χ0v) is 11.3. The van der Waals surface area contributed by atoms with Crippen LogP contribution >= 0.6 is 0 Å². The third-order valence-electron chi connectivity index (χ3n) is 2.73. The van der Waals surface area contributed by atoms with Crippen LogP contribution in [0.1, 0.15) is 21.6 Å². The first-order valence-corrected chi connectivity index (χ1v) is 6.07. The summed E-state index contributed by atoms with van der Waals surface area (Å²) in [4.78, 5) is 15.4. The van der Waals surface area contributed by atoms with Crippen LogP contribution in [-0.2, 0) is 6.61 Å². The molecule has 0 radical (unpaired) electrons. The van der Waals surface area contributed by atoms with Crippen LogP contribution in [0.2, 0.25) is 0 Å². The number of aromatic carboxylic acids is 1. The van der Waals surface area contributed by atoms with Gasteiger partial charge >= 0.3 is 5.97 Å². The zero-order valence-electron chi connectivity index (χ0n) is 11.3. The number of carboxylic acids is 1. The molecule has 0 aliphatic heterocycles. The fourth-order valence-electron chi connectivity index (χ4n) is 1.74. The summed E-state index contributed by atoms with van der Waals surface area (Å²) in [6, 6.07) is 10.4. The Morgan fingerprint density at radius 3 is 2.80 bits per heavy atom. The molecule has 1 aromatic heterocycles. The fourth-order valence-corrected chi connectivity index (χ4v) is 1.74. The van der Waals surface area contributed by atoms with E-state index in [1.807, 2.05) is 6.92 Å². The molecule has 2 aromatic rings. The van der Waals surface area contributed by atoms with E-state index in [0.717, 1.165) is 5.56 Å². The molecule has 0 fully saturated rings. The number of aromatic nitrogens is 1. The van der Waals surface area contributed by atoms with Crippen LogP contribution in [-0.4, -0.2) is 23.2 Å². The lowest BCUT2D eigenvalue weighted by Gasteiger charge is -2.10.